The fourth-order valence-electron chi connectivity index (χ4n) is 1.90. The minimum atomic E-state index is -3.35. The van der Waals surface area contributed by atoms with Crippen LogP contribution in [0.15, 0.2) is 5.16 Å². The number of hydrogen-bond acceptors (Lipinski definition) is 6. The highest BCUT2D eigenvalue weighted by molar-refractivity contribution is 7.99. The molecule has 2 N–H and O–H groups in total. The molecule has 0 unspecified atom stereocenters. The number of aromatic nitrogens is 3. The number of aryl methyl sites for hydroxylation is 1. The summed E-state index contributed by atoms with van der Waals surface area (Å²) in [5.41, 5.74) is -0.738. The predicted molar refractivity (Wildman–Crippen MR) is 79.8 cm³/mol. The highest BCUT2D eigenvalue weighted by Gasteiger charge is 2.26. The molecule has 0 amide bonds. The van der Waals surface area contributed by atoms with Crippen LogP contribution in [-0.2, 0) is 27.8 Å². The molecule has 8 nitrogen and oxygen atoms in total. The predicted octanol–water partition coefficient (Wildman–Crippen LogP) is 0.345. The Balaban J connectivity index is 2.99. The van der Waals surface area contributed by atoms with Gasteiger partial charge in [0.2, 0.25) is 10.0 Å². The van der Waals surface area contributed by atoms with Crippen LogP contribution < -0.4 is 4.72 Å². The minimum absolute atomic E-state index is 0.123. The van der Waals surface area contributed by atoms with Crippen molar-refractivity contribution in [1.29, 1.82) is 0 Å². The van der Waals surface area contributed by atoms with Gasteiger partial charge in [0.05, 0.1) is 12.0 Å². The molecule has 21 heavy (non-hydrogen) atoms. The van der Waals surface area contributed by atoms with E-state index in [0.717, 1.165) is 18.0 Å². The Labute approximate surface area is 128 Å². The Hall–Kier alpha value is -1.13. The van der Waals surface area contributed by atoms with Crippen LogP contribution in [0.2, 0.25) is 0 Å². The molecule has 1 aromatic rings. The van der Waals surface area contributed by atoms with E-state index >= 15 is 0 Å². The fourth-order valence-corrected chi connectivity index (χ4v) is 3.65. The quantitative estimate of drug-likeness (QED) is 0.658. The van der Waals surface area contributed by atoms with Crippen LogP contribution in [0.25, 0.3) is 0 Å². The van der Waals surface area contributed by atoms with Gasteiger partial charge in [0.1, 0.15) is 5.82 Å². The Morgan fingerprint density at radius 1 is 1.43 bits per heavy atom. The van der Waals surface area contributed by atoms with Crippen molar-refractivity contribution in [2.24, 2.45) is 0 Å². The highest BCUT2D eigenvalue weighted by Crippen LogP contribution is 2.20. The molecule has 0 aliphatic carbocycles. The maximum absolute atomic E-state index is 11.4. The first kappa shape index (κ1) is 17.9. The molecule has 0 saturated heterocycles. The summed E-state index contributed by atoms with van der Waals surface area (Å²) < 4.78 is 27.1. The van der Waals surface area contributed by atoms with Gasteiger partial charge in [-0.25, -0.2) is 13.1 Å². The van der Waals surface area contributed by atoms with Crippen LogP contribution in [0.3, 0.4) is 0 Å². The van der Waals surface area contributed by atoms with Crippen molar-refractivity contribution in [2.45, 2.75) is 44.4 Å². The average molecular weight is 336 g/mol. The zero-order chi connectivity index (χ0) is 16.3. The van der Waals surface area contributed by atoms with Gasteiger partial charge in [0, 0.05) is 18.5 Å². The van der Waals surface area contributed by atoms with Crippen molar-refractivity contribution < 1.29 is 18.3 Å². The van der Waals surface area contributed by atoms with E-state index in [-0.39, 0.29) is 5.75 Å². The number of carboxylic acids is 1. The number of carboxylic acid groups (broad SMARTS) is 1. The Morgan fingerprint density at radius 3 is 2.52 bits per heavy atom. The third-order valence-corrected chi connectivity index (χ3v) is 4.32. The Kier molecular flexibility index (Phi) is 5.76. The molecule has 120 valence electrons. The summed E-state index contributed by atoms with van der Waals surface area (Å²) in [7, 11) is -3.35. The summed E-state index contributed by atoms with van der Waals surface area (Å²) in [6.45, 7) is 5.72. The van der Waals surface area contributed by atoms with Gasteiger partial charge in [-0.15, -0.1) is 10.2 Å². The van der Waals surface area contributed by atoms with Crippen molar-refractivity contribution in [2.75, 3.05) is 12.0 Å². The van der Waals surface area contributed by atoms with Gasteiger partial charge in [-0.2, -0.15) is 0 Å². The van der Waals surface area contributed by atoms with E-state index in [9.17, 15) is 13.2 Å². The second-order valence-electron chi connectivity index (χ2n) is 5.28. The molecule has 1 aromatic heterocycles. The lowest BCUT2D eigenvalue weighted by atomic mass is 10.1. The molecular weight excluding hydrogens is 316 g/mol. The van der Waals surface area contributed by atoms with E-state index in [4.69, 9.17) is 5.11 Å². The third kappa shape index (κ3) is 6.02. The van der Waals surface area contributed by atoms with Gasteiger partial charge < -0.3 is 9.67 Å². The molecule has 0 aromatic carbocycles. The smallest absolute Gasteiger partial charge is 0.313 e. The largest absolute Gasteiger partial charge is 0.481 e. The normalized spacial score (nSPS) is 12.6. The third-order valence-electron chi connectivity index (χ3n) is 2.45. The number of rotatable bonds is 8. The molecule has 0 fully saturated rings. The molecule has 0 saturated carbocycles. The number of carbonyl (C=O) groups is 1. The zero-order valence-corrected chi connectivity index (χ0v) is 14.1. The number of thioether (sulfide) groups is 1. The first-order valence-corrected chi connectivity index (χ1v) is 9.17. The summed E-state index contributed by atoms with van der Waals surface area (Å²) in [5.74, 6) is -0.380. The van der Waals surface area contributed by atoms with Gasteiger partial charge in [-0.05, 0) is 13.8 Å². The van der Waals surface area contributed by atoms with Gasteiger partial charge in [0.25, 0.3) is 0 Å². The number of aliphatic carboxylic acids is 1. The van der Waals surface area contributed by atoms with Crippen LogP contribution in [0.1, 0.15) is 26.6 Å². The van der Waals surface area contributed by atoms with Crippen LogP contribution in [0.5, 0.6) is 0 Å². The van der Waals surface area contributed by atoms with E-state index in [2.05, 4.69) is 14.9 Å². The second-order valence-corrected chi connectivity index (χ2v) is 7.97. The fraction of sp³-hybridized carbons (Fsp3) is 0.727. The van der Waals surface area contributed by atoms with Crippen molar-refractivity contribution >= 4 is 27.8 Å². The molecule has 0 atom stereocenters. The van der Waals surface area contributed by atoms with Crippen molar-refractivity contribution in [3.05, 3.63) is 5.82 Å². The molecule has 0 aliphatic heterocycles. The molecule has 0 spiro atoms. The summed E-state index contributed by atoms with van der Waals surface area (Å²) in [4.78, 5) is 10.7. The molecular formula is C11H20N4O4S2. The van der Waals surface area contributed by atoms with Crippen LogP contribution >= 0.6 is 11.8 Å². The molecule has 0 bridgehead atoms. The first-order valence-electron chi connectivity index (χ1n) is 6.29. The number of nitrogens with zero attached hydrogens (tertiary/aromatic N) is 3. The van der Waals surface area contributed by atoms with E-state index in [1.807, 2.05) is 6.92 Å². The lowest BCUT2D eigenvalue weighted by molar-refractivity contribution is -0.133. The summed E-state index contributed by atoms with van der Waals surface area (Å²) in [6.07, 6.45) is 1.72. The van der Waals surface area contributed by atoms with Gasteiger partial charge in [-0.3, -0.25) is 4.79 Å². The highest BCUT2D eigenvalue weighted by atomic mass is 32.2. The van der Waals surface area contributed by atoms with Gasteiger partial charge in [0.15, 0.2) is 5.16 Å². The lowest BCUT2D eigenvalue weighted by Gasteiger charge is -2.26. The van der Waals surface area contributed by atoms with E-state index in [0.29, 0.717) is 23.9 Å². The standard InChI is InChI=1S/C11H20N4O4S2/c1-5-8-12-13-10(20-6-9(16)17)15(8)7-11(2,3)14-21(4,18)19/h14H,5-7H2,1-4H3,(H,16,17). The van der Waals surface area contributed by atoms with Crippen molar-refractivity contribution in [3.8, 4) is 0 Å². The molecule has 1 rings (SSSR count). The second kappa shape index (κ2) is 6.75. The SMILES string of the molecule is CCc1nnc(SCC(=O)O)n1CC(C)(C)NS(C)(=O)=O. The summed E-state index contributed by atoms with van der Waals surface area (Å²) in [6, 6.07) is 0. The zero-order valence-electron chi connectivity index (χ0n) is 12.5. The maximum Gasteiger partial charge on any atom is 0.313 e. The number of nitrogens with one attached hydrogen (secondary N) is 1. The molecule has 0 aliphatic rings. The first-order chi connectivity index (χ1) is 9.54. The van der Waals surface area contributed by atoms with E-state index in [1.165, 1.54) is 0 Å². The monoisotopic (exact) mass is 336 g/mol. The summed E-state index contributed by atoms with van der Waals surface area (Å²) >= 11 is 1.06. The van der Waals surface area contributed by atoms with Crippen molar-refractivity contribution in [1.82, 2.24) is 19.5 Å². The van der Waals surface area contributed by atoms with Gasteiger partial charge in [-0.1, -0.05) is 18.7 Å². The molecule has 10 heteroatoms. The van der Waals surface area contributed by atoms with Crippen LogP contribution in [0.4, 0.5) is 0 Å². The summed E-state index contributed by atoms with van der Waals surface area (Å²) in [5, 5.41) is 17.2. The van der Waals surface area contributed by atoms with E-state index in [1.54, 1.807) is 18.4 Å². The molecule has 1 heterocycles. The van der Waals surface area contributed by atoms with Gasteiger partial charge >= 0.3 is 5.97 Å². The topological polar surface area (TPSA) is 114 Å². The maximum atomic E-state index is 11.4. The lowest BCUT2D eigenvalue weighted by Crippen LogP contribution is -2.46. The molecule has 0 radical (unpaired) electrons. The Morgan fingerprint density at radius 2 is 2.05 bits per heavy atom. The minimum Gasteiger partial charge on any atom is -0.481 e. The number of hydrogen-bond donors (Lipinski definition) is 2. The van der Waals surface area contributed by atoms with Crippen LogP contribution in [0, 0.1) is 0 Å². The average Bonchev–Trinajstić information content (AvgIpc) is 2.64. The number of sulfonamides is 1. The van der Waals surface area contributed by atoms with Crippen molar-refractivity contribution in [3.63, 3.8) is 0 Å². The van der Waals surface area contributed by atoms with E-state index < -0.39 is 21.5 Å². The van der Waals surface area contributed by atoms with Crippen LogP contribution in [-0.4, -0.2) is 51.8 Å². The Bertz CT molecular complexity index is 610.